The maximum absolute atomic E-state index is 11.7. The Kier molecular flexibility index (Phi) is 6.82. The van der Waals surface area contributed by atoms with E-state index in [1.165, 1.54) is 4.88 Å². The van der Waals surface area contributed by atoms with E-state index >= 15 is 0 Å². The number of hydrogen-bond acceptors (Lipinski definition) is 2. The first-order valence-corrected chi connectivity index (χ1v) is 8.01. The standard InChI is InChI=1S/C13H20BrNOS/c1-10(2)12(9-14)15-13(16)7-3-5-11-6-4-8-17-11/h4,6,8,10,12H,3,5,7,9H2,1-2H3,(H,15,16). The lowest BCUT2D eigenvalue weighted by Crippen LogP contribution is -2.39. The molecule has 0 aromatic carbocycles. The summed E-state index contributed by atoms with van der Waals surface area (Å²) in [6.45, 7) is 4.25. The number of carbonyl (C=O) groups excluding carboxylic acids is 1. The minimum atomic E-state index is 0.166. The molecule has 1 aromatic rings. The Hall–Kier alpha value is -0.350. The SMILES string of the molecule is CC(C)C(CBr)NC(=O)CCCc1cccs1. The molecule has 0 aliphatic rings. The van der Waals surface area contributed by atoms with E-state index < -0.39 is 0 Å². The normalized spacial score (nSPS) is 12.7. The van der Waals surface area contributed by atoms with Crippen LogP contribution in [0, 0.1) is 5.92 Å². The van der Waals surface area contributed by atoms with Crippen molar-refractivity contribution < 1.29 is 4.79 Å². The molecule has 0 aliphatic heterocycles. The zero-order chi connectivity index (χ0) is 12.7. The fourth-order valence-electron chi connectivity index (χ4n) is 1.54. The lowest BCUT2D eigenvalue weighted by Gasteiger charge is -2.19. The summed E-state index contributed by atoms with van der Waals surface area (Å²) in [5.41, 5.74) is 0. The van der Waals surface area contributed by atoms with Gasteiger partial charge in [0.05, 0.1) is 0 Å². The summed E-state index contributed by atoms with van der Waals surface area (Å²) in [6, 6.07) is 4.42. The number of aryl methyl sites for hydroxylation is 1. The van der Waals surface area contributed by atoms with Gasteiger partial charge in [-0.05, 0) is 30.2 Å². The lowest BCUT2D eigenvalue weighted by molar-refractivity contribution is -0.122. The summed E-state index contributed by atoms with van der Waals surface area (Å²) in [4.78, 5) is 13.1. The van der Waals surface area contributed by atoms with Crippen molar-refractivity contribution in [1.82, 2.24) is 5.32 Å². The monoisotopic (exact) mass is 317 g/mol. The predicted molar refractivity (Wildman–Crippen MR) is 77.8 cm³/mol. The molecule has 4 heteroatoms. The van der Waals surface area contributed by atoms with E-state index in [0.717, 1.165) is 18.2 Å². The van der Waals surface area contributed by atoms with Gasteiger partial charge in [-0.25, -0.2) is 0 Å². The van der Waals surface area contributed by atoms with Crippen molar-refractivity contribution in [3.05, 3.63) is 22.4 Å². The highest BCUT2D eigenvalue weighted by Crippen LogP contribution is 2.12. The van der Waals surface area contributed by atoms with E-state index in [1.54, 1.807) is 11.3 Å². The lowest BCUT2D eigenvalue weighted by atomic mass is 10.1. The molecule has 0 saturated heterocycles. The highest BCUT2D eigenvalue weighted by molar-refractivity contribution is 9.09. The van der Waals surface area contributed by atoms with Crippen LogP contribution in [0.2, 0.25) is 0 Å². The summed E-state index contributed by atoms with van der Waals surface area (Å²) in [7, 11) is 0. The Morgan fingerprint density at radius 2 is 2.29 bits per heavy atom. The Balaban J connectivity index is 2.20. The maximum Gasteiger partial charge on any atom is 0.220 e. The molecule has 0 spiro atoms. The zero-order valence-electron chi connectivity index (χ0n) is 10.4. The third-order valence-electron chi connectivity index (χ3n) is 2.72. The van der Waals surface area contributed by atoms with Crippen LogP contribution in [-0.2, 0) is 11.2 Å². The molecule has 1 heterocycles. The van der Waals surface area contributed by atoms with Crippen LogP contribution in [0.5, 0.6) is 0 Å². The number of nitrogens with one attached hydrogen (secondary N) is 1. The summed E-state index contributed by atoms with van der Waals surface area (Å²) >= 11 is 5.19. The van der Waals surface area contributed by atoms with Gasteiger partial charge in [-0.15, -0.1) is 11.3 Å². The third-order valence-corrected chi connectivity index (χ3v) is 4.36. The van der Waals surface area contributed by atoms with Crippen LogP contribution in [0.3, 0.4) is 0 Å². The van der Waals surface area contributed by atoms with Crippen LogP contribution in [0.15, 0.2) is 17.5 Å². The van der Waals surface area contributed by atoms with Gasteiger partial charge in [-0.2, -0.15) is 0 Å². The van der Waals surface area contributed by atoms with Gasteiger partial charge in [0.15, 0.2) is 0 Å². The molecule has 0 radical (unpaired) electrons. The first-order valence-electron chi connectivity index (χ1n) is 6.01. The number of halogens is 1. The maximum atomic E-state index is 11.7. The van der Waals surface area contributed by atoms with Gasteiger partial charge in [-0.3, -0.25) is 4.79 Å². The molecule has 1 aromatic heterocycles. The van der Waals surface area contributed by atoms with Crippen molar-refractivity contribution in [2.24, 2.45) is 5.92 Å². The first-order chi connectivity index (χ1) is 8.13. The van der Waals surface area contributed by atoms with Crippen LogP contribution in [0.1, 0.15) is 31.6 Å². The van der Waals surface area contributed by atoms with Gasteiger partial charge >= 0.3 is 0 Å². The molecular weight excluding hydrogens is 298 g/mol. The minimum absolute atomic E-state index is 0.166. The van der Waals surface area contributed by atoms with E-state index in [0.29, 0.717) is 12.3 Å². The van der Waals surface area contributed by atoms with E-state index in [2.05, 4.69) is 52.6 Å². The van der Waals surface area contributed by atoms with Crippen molar-refractivity contribution in [3.63, 3.8) is 0 Å². The molecule has 1 amide bonds. The van der Waals surface area contributed by atoms with Gasteiger partial charge < -0.3 is 5.32 Å². The van der Waals surface area contributed by atoms with E-state index in [-0.39, 0.29) is 11.9 Å². The average Bonchev–Trinajstić information content (AvgIpc) is 2.78. The minimum Gasteiger partial charge on any atom is -0.352 e. The van der Waals surface area contributed by atoms with Crippen molar-refractivity contribution in [1.29, 1.82) is 0 Å². The number of amides is 1. The Morgan fingerprint density at radius 3 is 2.82 bits per heavy atom. The van der Waals surface area contributed by atoms with Crippen molar-refractivity contribution >= 4 is 33.2 Å². The Bertz CT molecular complexity index is 324. The van der Waals surface area contributed by atoms with Crippen LogP contribution in [0.4, 0.5) is 0 Å². The summed E-state index contributed by atoms with van der Waals surface area (Å²) < 4.78 is 0. The Labute approximate surface area is 116 Å². The van der Waals surface area contributed by atoms with E-state index in [1.807, 2.05) is 0 Å². The van der Waals surface area contributed by atoms with Crippen LogP contribution in [0.25, 0.3) is 0 Å². The van der Waals surface area contributed by atoms with Gasteiger partial charge in [0.25, 0.3) is 0 Å². The zero-order valence-corrected chi connectivity index (χ0v) is 12.8. The molecule has 1 atom stereocenters. The molecule has 1 N–H and O–H groups in total. The molecule has 0 saturated carbocycles. The molecular formula is C13H20BrNOS. The quantitative estimate of drug-likeness (QED) is 0.765. The molecule has 2 nitrogen and oxygen atoms in total. The average molecular weight is 318 g/mol. The highest BCUT2D eigenvalue weighted by Gasteiger charge is 2.14. The third kappa shape index (κ3) is 5.68. The van der Waals surface area contributed by atoms with Gasteiger partial charge in [-0.1, -0.05) is 35.8 Å². The van der Waals surface area contributed by atoms with Gasteiger partial charge in [0.2, 0.25) is 5.91 Å². The second-order valence-electron chi connectivity index (χ2n) is 4.51. The van der Waals surface area contributed by atoms with Crippen molar-refractivity contribution in [2.45, 2.75) is 39.2 Å². The molecule has 0 fully saturated rings. The fraction of sp³-hybridized carbons (Fsp3) is 0.615. The van der Waals surface area contributed by atoms with Gasteiger partial charge in [0.1, 0.15) is 0 Å². The van der Waals surface area contributed by atoms with Crippen LogP contribution < -0.4 is 5.32 Å². The van der Waals surface area contributed by atoms with Crippen molar-refractivity contribution in [2.75, 3.05) is 5.33 Å². The second kappa shape index (κ2) is 7.88. The van der Waals surface area contributed by atoms with E-state index in [4.69, 9.17) is 0 Å². The highest BCUT2D eigenvalue weighted by atomic mass is 79.9. The summed E-state index contributed by atoms with van der Waals surface area (Å²) in [6.07, 6.45) is 2.55. The predicted octanol–water partition coefficient (Wildman–Crippen LogP) is 3.61. The van der Waals surface area contributed by atoms with Crippen molar-refractivity contribution in [3.8, 4) is 0 Å². The van der Waals surface area contributed by atoms with Crippen LogP contribution >= 0.6 is 27.3 Å². The smallest absolute Gasteiger partial charge is 0.220 e. The molecule has 0 aliphatic carbocycles. The second-order valence-corrected chi connectivity index (χ2v) is 6.18. The molecule has 96 valence electrons. The molecule has 1 rings (SSSR count). The number of rotatable bonds is 7. The van der Waals surface area contributed by atoms with E-state index in [9.17, 15) is 4.79 Å². The largest absolute Gasteiger partial charge is 0.352 e. The molecule has 1 unspecified atom stereocenters. The molecule has 17 heavy (non-hydrogen) atoms. The number of alkyl halides is 1. The number of hydrogen-bond donors (Lipinski definition) is 1. The van der Waals surface area contributed by atoms with Gasteiger partial charge in [0, 0.05) is 22.7 Å². The fourth-order valence-corrected chi connectivity index (χ4v) is 3.20. The number of thiophene rings is 1. The summed E-state index contributed by atoms with van der Waals surface area (Å²) in [5.74, 6) is 0.635. The molecule has 0 bridgehead atoms. The number of carbonyl (C=O) groups is 1. The van der Waals surface area contributed by atoms with Crippen LogP contribution in [-0.4, -0.2) is 17.3 Å². The summed E-state index contributed by atoms with van der Waals surface area (Å²) in [5, 5.41) is 5.96. The Morgan fingerprint density at radius 1 is 1.53 bits per heavy atom. The topological polar surface area (TPSA) is 29.1 Å². The first kappa shape index (κ1) is 14.7.